The van der Waals surface area contributed by atoms with Crippen LogP contribution in [0.2, 0.25) is 0 Å². The van der Waals surface area contributed by atoms with E-state index in [-0.39, 0.29) is 5.41 Å². The van der Waals surface area contributed by atoms with Crippen molar-refractivity contribution in [3.8, 4) is 0 Å². The monoisotopic (exact) mass is 170 g/mol. The van der Waals surface area contributed by atoms with Crippen molar-refractivity contribution in [2.45, 2.75) is 45.6 Å². The molecule has 0 aromatic rings. The average Bonchev–Trinajstić information content (AvgIpc) is 2.57. The maximum atomic E-state index is 10.8. The van der Waals surface area contributed by atoms with Crippen LogP contribution in [0.15, 0.2) is 0 Å². The first kappa shape index (κ1) is 9.72. The van der Waals surface area contributed by atoms with Gasteiger partial charge >= 0.3 is 0 Å². The quantitative estimate of drug-likeness (QED) is 0.604. The lowest BCUT2D eigenvalue weighted by molar-refractivity contribution is -0.117. The molecule has 1 rings (SSSR count). The van der Waals surface area contributed by atoms with Crippen LogP contribution in [0.4, 0.5) is 0 Å². The van der Waals surface area contributed by atoms with Crippen LogP contribution in [0, 0.1) is 5.41 Å². The normalized spacial score (nSPS) is 28.3. The molecule has 0 N–H and O–H groups in total. The highest BCUT2D eigenvalue weighted by molar-refractivity contribution is 5.58. The van der Waals surface area contributed by atoms with Crippen molar-refractivity contribution in [2.75, 3.05) is 6.61 Å². The number of ether oxygens (including phenoxy) is 1. The lowest BCUT2D eigenvalue weighted by Gasteiger charge is -2.24. The SMILES string of the molecule is CCC(C)(C=O)C[C@@H]1CCCO1. The largest absolute Gasteiger partial charge is 0.378 e. The Kier molecular flexibility index (Phi) is 3.27. The van der Waals surface area contributed by atoms with Gasteiger partial charge in [0.1, 0.15) is 6.29 Å². The fourth-order valence-corrected chi connectivity index (χ4v) is 1.60. The number of carbonyl (C=O) groups excluding carboxylic acids is 1. The van der Waals surface area contributed by atoms with Gasteiger partial charge in [-0.1, -0.05) is 13.8 Å². The maximum absolute atomic E-state index is 10.8. The lowest BCUT2D eigenvalue weighted by atomic mass is 9.83. The van der Waals surface area contributed by atoms with E-state index in [9.17, 15) is 4.79 Å². The molecule has 0 radical (unpaired) electrons. The van der Waals surface area contributed by atoms with E-state index in [4.69, 9.17) is 4.74 Å². The summed E-state index contributed by atoms with van der Waals surface area (Å²) in [4.78, 5) is 10.8. The van der Waals surface area contributed by atoms with E-state index in [1.807, 2.05) is 6.92 Å². The Balaban J connectivity index is 2.40. The van der Waals surface area contributed by atoms with Crippen molar-refractivity contribution in [1.82, 2.24) is 0 Å². The second kappa shape index (κ2) is 4.04. The lowest BCUT2D eigenvalue weighted by Crippen LogP contribution is -2.23. The molecule has 0 aliphatic carbocycles. The number of aldehydes is 1. The highest BCUT2D eigenvalue weighted by atomic mass is 16.5. The summed E-state index contributed by atoms with van der Waals surface area (Å²) in [6.07, 6.45) is 5.50. The Bertz CT molecular complexity index is 150. The van der Waals surface area contributed by atoms with E-state index in [0.717, 1.165) is 38.6 Å². The van der Waals surface area contributed by atoms with Crippen molar-refractivity contribution >= 4 is 6.29 Å². The highest BCUT2D eigenvalue weighted by Crippen LogP contribution is 2.29. The fourth-order valence-electron chi connectivity index (χ4n) is 1.60. The van der Waals surface area contributed by atoms with E-state index >= 15 is 0 Å². The summed E-state index contributed by atoms with van der Waals surface area (Å²) in [5.41, 5.74) is -0.158. The van der Waals surface area contributed by atoms with E-state index in [0.29, 0.717) is 6.10 Å². The zero-order valence-electron chi connectivity index (χ0n) is 8.01. The van der Waals surface area contributed by atoms with Crippen LogP contribution in [-0.4, -0.2) is 19.0 Å². The standard InChI is InChI=1S/C10H18O2/c1-3-10(2,8-11)7-9-5-4-6-12-9/h8-9H,3-7H2,1-2H3/t9-,10?/m0/s1. The van der Waals surface area contributed by atoms with Crippen LogP contribution in [0.5, 0.6) is 0 Å². The summed E-state index contributed by atoms with van der Waals surface area (Å²) in [5, 5.41) is 0. The maximum Gasteiger partial charge on any atom is 0.125 e. The molecule has 0 spiro atoms. The number of carbonyl (C=O) groups is 1. The number of hydrogen-bond acceptors (Lipinski definition) is 2. The van der Waals surface area contributed by atoms with Crippen molar-refractivity contribution in [1.29, 1.82) is 0 Å². The summed E-state index contributed by atoms with van der Waals surface area (Å²) in [7, 11) is 0. The van der Waals surface area contributed by atoms with Crippen LogP contribution >= 0.6 is 0 Å². The van der Waals surface area contributed by atoms with Gasteiger partial charge in [0.05, 0.1) is 6.10 Å². The van der Waals surface area contributed by atoms with Gasteiger partial charge in [-0.2, -0.15) is 0 Å². The van der Waals surface area contributed by atoms with Crippen LogP contribution in [0.25, 0.3) is 0 Å². The second-order valence-corrected chi connectivity index (χ2v) is 3.96. The molecule has 0 saturated carbocycles. The van der Waals surface area contributed by atoms with Gasteiger partial charge in [0.2, 0.25) is 0 Å². The molecule has 1 heterocycles. The Morgan fingerprint density at radius 1 is 1.67 bits per heavy atom. The molecule has 0 aromatic heterocycles. The molecule has 2 heteroatoms. The fraction of sp³-hybridized carbons (Fsp3) is 0.900. The van der Waals surface area contributed by atoms with Gasteiger partial charge in [0.25, 0.3) is 0 Å². The Morgan fingerprint density at radius 2 is 2.42 bits per heavy atom. The van der Waals surface area contributed by atoms with Gasteiger partial charge in [0, 0.05) is 12.0 Å². The first-order valence-corrected chi connectivity index (χ1v) is 4.78. The van der Waals surface area contributed by atoms with Crippen molar-refractivity contribution < 1.29 is 9.53 Å². The Labute approximate surface area is 74.3 Å². The Hall–Kier alpha value is -0.370. The molecule has 0 bridgehead atoms. The molecule has 1 aliphatic heterocycles. The van der Waals surface area contributed by atoms with Crippen molar-refractivity contribution in [3.05, 3.63) is 0 Å². The minimum Gasteiger partial charge on any atom is -0.378 e. The van der Waals surface area contributed by atoms with E-state index in [1.54, 1.807) is 0 Å². The summed E-state index contributed by atoms with van der Waals surface area (Å²) < 4.78 is 5.49. The van der Waals surface area contributed by atoms with Gasteiger partial charge < -0.3 is 9.53 Å². The van der Waals surface area contributed by atoms with E-state index in [1.165, 1.54) is 0 Å². The summed E-state index contributed by atoms with van der Waals surface area (Å²) >= 11 is 0. The van der Waals surface area contributed by atoms with Gasteiger partial charge in [-0.05, 0) is 25.7 Å². The van der Waals surface area contributed by atoms with Crippen molar-refractivity contribution in [3.63, 3.8) is 0 Å². The molecule has 12 heavy (non-hydrogen) atoms. The van der Waals surface area contributed by atoms with Gasteiger partial charge in [-0.3, -0.25) is 0 Å². The molecule has 70 valence electrons. The molecular formula is C10H18O2. The third-order valence-corrected chi connectivity index (χ3v) is 2.81. The van der Waals surface area contributed by atoms with Gasteiger partial charge in [-0.25, -0.2) is 0 Å². The molecule has 1 saturated heterocycles. The predicted octanol–water partition coefficient (Wildman–Crippen LogP) is 2.17. The van der Waals surface area contributed by atoms with E-state index < -0.39 is 0 Å². The molecule has 2 atom stereocenters. The highest BCUT2D eigenvalue weighted by Gasteiger charge is 2.28. The minimum absolute atomic E-state index is 0.158. The third kappa shape index (κ3) is 2.31. The minimum atomic E-state index is -0.158. The predicted molar refractivity (Wildman–Crippen MR) is 48.1 cm³/mol. The topological polar surface area (TPSA) is 26.3 Å². The number of rotatable bonds is 4. The first-order chi connectivity index (χ1) is 5.70. The third-order valence-electron chi connectivity index (χ3n) is 2.81. The Morgan fingerprint density at radius 3 is 2.83 bits per heavy atom. The van der Waals surface area contributed by atoms with Crippen molar-refractivity contribution in [2.24, 2.45) is 5.41 Å². The molecule has 1 fully saturated rings. The van der Waals surface area contributed by atoms with Gasteiger partial charge in [-0.15, -0.1) is 0 Å². The van der Waals surface area contributed by atoms with Crippen LogP contribution in [0.3, 0.4) is 0 Å². The summed E-state index contributed by atoms with van der Waals surface area (Å²) in [6.45, 7) is 4.95. The molecular weight excluding hydrogens is 152 g/mol. The molecule has 0 aromatic carbocycles. The van der Waals surface area contributed by atoms with Crippen LogP contribution < -0.4 is 0 Å². The molecule has 1 unspecified atom stereocenters. The zero-order valence-corrected chi connectivity index (χ0v) is 8.01. The summed E-state index contributed by atoms with van der Waals surface area (Å²) in [6, 6.07) is 0. The van der Waals surface area contributed by atoms with Gasteiger partial charge in [0.15, 0.2) is 0 Å². The molecule has 2 nitrogen and oxygen atoms in total. The smallest absolute Gasteiger partial charge is 0.125 e. The molecule has 1 aliphatic rings. The second-order valence-electron chi connectivity index (χ2n) is 3.96. The van der Waals surface area contributed by atoms with E-state index in [2.05, 4.69) is 6.92 Å². The first-order valence-electron chi connectivity index (χ1n) is 4.78. The number of hydrogen-bond donors (Lipinski definition) is 0. The van der Waals surface area contributed by atoms with Crippen LogP contribution in [0.1, 0.15) is 39.5 Å². The molecule has 0 amide bonds. The summed E-state index contributed by atoms with van der Waals surface area (Å²) in [5.74, 6) is 0. The van der Waals surface area contributed by atoms with Crippen LogP contribution in [-0.2, 0) is 9.53 Å². The average molecular weight is 170 g/mol. The zero-order chi connectivity index (χ0) is 9.03.